The lowest BCUT2D eigenvalue weighted by Crippen LogP contribution is -2.54. The van der Waals surface area contributed by atoms with Gasteiger partial charge in [0.1, 0.15) is 5.69 Å². The maximum atomic E-state index is 12.8. The largest absolute Gasteiger partial charge is 0.378 e. The van der Waals surface area contributed by atoms with Crippen molar-refractivity contribution in [3.63, 3.8) is 0 Å². The molecule has 156 valence electrons. The summed E-state index contributed by atoms with van der Waals surface area (Å²) in [6, 6.07) is 6.67. The van der Waals surface area contributed by atoms with E-state index in [0.717, 1.165) is 0 Å². The van der Waals surface area contributed by atoms with Crippen LogP contribution in [0.25, 0.3) is 11.3 Å². The molecule has 30 heavy (non-hydrogen) atoms. The second-order valence-corrected chi connectivity index (χ2v) is 8.05. The molecule has 0 saturated carbocycles. The molecule has 1 aromatic heterocycles. The van der Waals surface area contributed by atoms with E-state index in [9.17, 15) is 14.9 Å². The summed E-state index contributed by atoms with van der Waals surface area (Å²) in [4.78, 5) is 26.6. The van der Waals surface area contributed by atoms with Crippen LogP contribution in [0.5, 0.6) is 0 Å². The first-order valence-electron chi connectivity index (χ1n) is 9.24. The Kier molecular flexibility index (Phi) is 5.32. The molecule has 3 N–H and O–H groups in total. The van der Waals surface area contributed by atoms with Crippen LogP contribution in [-0.4, -0.2) is 51.9 Å². The van der Waals surface area contributed by atoms with Gasteiger partial charge >= 0.3 is 6.03 Å². The molecule has 1 unspecified atom stereocenters. The van der Waals surface area contributed by atoms with Gasteiger partial charge in [-0.25, -0.2) is 4.79 Å². The number of nitriles is 1. The Hall–Kier alpha value is -2.80. The van der Waals surface area contributed by atoms with E-state index >= 15 is 0 Å². The first-order chi connectivity index (χ1) is 14.3. The van der Waals surface area contributed by atoms with E-state index < -0.39 is 17.5 Å². The minimum atomic E-state index is -1.04. The number of amides is 3. The molecule has 0 radical (unpaired) electrons. The molecule has 3 amide bonds. The average Bonchev–Trinajstić information content (AvgIpc) is 3.34. The average molecular weight is 449 g/mol. The van der Waals surface area contributed by atoms with Gasteiger partial charge in [-0.15, -0.1) is 0 Å². The lowest BCUT2D eigenvalue weighted by molar-refractivity contribution is 0.0997. The number of ether oxygens (including phenoxy) is 1. The van der Waals surface area contributed by atoms with Gasteiger partial charge in [0.05, 0.1) is 53.7 Å². The Morgan fingerprint density at radius 3 is 2.73 bits per heavy atom. The molecule has 2 aliphatic heterocycles. The molecule has 0 spiro atoms. The van der Waals surface area contributed by atoms with Crippen LogP contribution in [0.2, 0.25) is 10.0 Å². The fraction of sp³-hybridized carbons (Fsp3) is 0.368. The monoisotopic (exact) mass is 448 g/mol. The molecule has 3 heterocycles. The summed E-state index contributed by atoms with van der Waals surface area (Å²) in [7, 11) is 0. The van der Waals surface area contributed by atoms with Gasteiger partial charge in [-0.05, 0) is 12.1 Å². The molecule has 1 fully saturated rings. The van der Waals surface area contributed by atoms with Crippen LogP contribution in [-0.2, 0) is 17.8 Å². The topological polar surface area (TPSA) is 126 Å². The predicted molar refractivity (Wildman–Crippen MR) is 109 cm³/mol. The van der Waals surface area contributed by atoms with Crippen LogP contribution in [0.3, 0.4) is 0 Å². The summed E-state index contributed by atoms with van der Waals surface area (Å²) < 4.78 is 6.93. The van der Waals surface area contributed by atoms with E-state index in [0.29, 0.717) is 53.1 Å². The van der Waals surface area contributed by atoms with Gasteiger partial charge in [0.25, 0.3) is 5.91 Å². The first kappa shape index (κ1) is 20.5. The number of hydrogen-bond donors (Lipinski definition) is 2. The highest BCUT2D eigenvalue weighted by Gasteiger charge is 2.39. The number of primary amides is 1. The normalized spacial score (nSPS) is 20.5. The van der Waals surface area contributed by atoms with Crippen molar-refractivity contribution < 1.29 is 14.3 Å². The molecule has 0 aliphatic carbocycles. The van der Waals surface area contributed by atoms with Crippen molar-refractivity contribution in [2.75, 3.05) is 19.8 Å². The van der Waals surface area contributed by atoms with Crippen LogP contribution in [0.1, 0.15) is 22.5 Å². The van der Waals surface area contributed by atoms with Crippen LogP contribution in [0, 0.1) is 11.3 Å². The first-order valence-corrected chi connectivity index (χ1v) is 10.00. The summed E-state index contributed by atoms with van der Waals surface area (Å²) in [6.07, 6.45) is 0.426. The number of fused-ring (bicyclic) bond motifs is 1. The highest BCUT2D eigenvalue weighted by molar-refractivity contribution is 6.42. The van der Waals surface area contributed by atoms with Crippen molar-refractivity contribution in [3.8, 4) is 17.3 Å². The molecular formula is C19H18Cl2N6O3. The molecule has 0 bridgehead atoms. The number of aromatic nitrogens is 2. The van der Waals surface area contributed by atoms with E-state index in [-0.39, 0.29) is 18.7 Å². The maximum absolute atomic E-state index is 12.8. The van der Waals surface area contributed by atoms with Gasteiger partial charge in [0, 0.05) is 18.5 Å². The molecule has 11 heteroatoms. The number of benzene rings is 1. The fourth-order valence-corrected chi connectivity index (χ4v) is 3.96. The minimum Gasteiger partial charge on any atom is -0.378 e. The maximum Gasteiger partial charge on any atom is 0.319 e. The van der Waals surface area contributed by atoms with Gasteiger partial charge in [-0.1, -0.05) is 29.3 Å². The van der Waals surface area contributed by atoms with Crippen molar-refractivity contribution in [3.05, 3.63) is 39.5 Å². The highest BCUT2D eigenvalue weighted by atomic mass is 35.5. The number of hydrogen-bond acceptors (Lipinski definition) is 5. The van der Waals surface area contributed by atoms with Gasteiger partial charge in [0.2, 0.25) is 0 Å². The van der Waals surface area contributed by atoms with E-state index in [1.807, 2.05) is 0 Å². The lowest BCUT2D eigenvalue weighted by atomic mass is 10.0. The Labute approximate surface area is 182 Å². The van der Waals surface area contributed by atoms with Crippen molar-refractivity contribution in [2.24, 2.45) is 5.73 Å². The van der Waals surface area contributed by atoms with Gasteiger partial charge < -0.3 is 20.7 Å². The zero-order valence-electron chi connectivity index (χ0n) is 15.8. The molecular weight excluding hydrogens is 431 g/mol. The second-order valence-electron chi connectivity index (χ2n) is 7.23. The SMILES string of the molecule is N#CC1(NC(=O)N2CCn3nc(-c4ccc(Cl)c(Cl)c4)c(C(N)=O)c3C2)CCOC1. The lowest BCUT2D eigenvalue weighted by Gasteiger charge is -2.31. The van der Waals surface area contributed by atoms with Crippen LogP contribution < -0.4 is 11.1 Å². The van der Waals surface area contributed by atoms with E-state index in [4.69, 9.17) is 33.7 Å². The molecule has 4 rings (SSSR count). The Morgan fingerprint density at radius 1 is 1.30 bits per heavy atom. The highest BCUT2D eigenvalue weighted by Crippen LogP contribution is 2.32. The third-order valence-electron chi connectivity index (χ3n) is 5.29. The Morgan fingerprint density at radius 2 is 2.10 bits per heavy atom. The third-order valence-corrected chi connectivity index (χ3v) is 6.03. The van der Waals surface area contributed by atoms with Crippen LogP contribution >= 0.6 is 23.2 Å². The summed E-state index contributed by atoms with van der Waals surface area (Å²) in [6.45, 7) is 1.43. The van der Waals surface area contributed by atoms with E-state index in [1.165, 1.54) is 4.90 Å². The summed E-state index contributed by atoms with van der Waals surface area (Å²) in [5, 5.41) is 17.5. The minimum absolute atomic E-state index is 0.126. The zero-order chi connectivity index (χ0) is 21.5. The smallest absolute Gasteiger partial charge is 0.319 e. The van der Waals surface area contributed by atoms with E-state index in [2.05, 4.69) is 16.5 Å². The standard InChI is InChI=1S/C19H18Cl2N6O3/c20-12-2-1-11(7-13(12)21)16-15(17(23)28)14-8-26(4-5-27(14)25-16)18(29)24-19(9-22)3-6-30-10-19/h1-2,7H,3-6,8,10H2,(H2,23,28)(H,24,29). The predicted octanol–water partition coefficient (Wildman–Crippen LogP) is 2.16. The second kappa shape index (κ2) is 7.80. The molecule has 9 nitrogen and oxygen atoms in total. The Balaban J connectivity index is 1.64. The number of nitrogens with zero attached hydrogens (tertiary/aromatic N) is 4. The van der Waals surface area contributed by atoms with Crippen molar-refractivity contribution in [1.29, 1.82) is 5.26 Å². The summed E-state index contributed by atoms with van der Waals surface area (Å²) in [5.74, 6) is -0.655. The fourth-order valence-electron chi connectivity index (χ4n) is 3.66. The van der Waals surface area contributed by atoms with Crippen LogP contribution in [0.4, 0.5) is 4.79 Å². The van der Waals surface area contributed by atoms with Crippen molar-refractivity contribution in [1.82, 2.24) is 20.0 Å². The van der Waals surface area contributed by atoms with Gasteiger partial charge in [-0.2, -0.15) is 10.4 Å². The summed E-state index contributed by atoms with van der Waals surface area (Å²) >= 11 is 12.1. The quantitative estimate of drug-likeness (QED) is 0.743. The Bertz CT molecular complexity index is 1070. The van der Waals surface area contributed by atoms with Gasteiger partial charge in [-0.3, -0.25) is 9.48 Å². The van der Waals surface area contributed by atoms with Gasteiger partial charge in [0.15, 0.2) is 5.54 Å². The number of carbonyl (C=O) groups excluding carboxylic acids is 2. The molecule has 1 saturated heterocycles. The number of rotatable bonds is 3. The molecule has 1 aromatic carbocycles. The molecule has 2 aliphatic rings. The number of carbonyl (C=O) groups is 2. The third kappa shape index (κ3) is 3.58. The van der Waals surface area contributed by atoms with Crippen molar-refractivity contribution >= 4 is 35.1 Å². The van der Waals surface area contributed by atoms with Crippen LogP contribution in [0.15, 0.2) is 18.2 Å². The number of halogens is 2. The van der Waals surface area contributed by atoms with E-state index in [1.54, 1.807) is 22.9 Å². The van der Waals surface area contributed by atoms with Crippen molar-refractivity contribution in [2.45, 2.75) is 25.0 Å². The number of urea groups is 1. The number of nitrogens with two attached hydrogens (primary N) is 1. The summed E-state index contributed by atoms with van der Waals surface area (Å²) in [5.41, 5.74) is 6.36. The molecule has 1 atom stereocenters. The zero-order valence-corrected chi connectivity index (χ0v) is 17.3. The number of nitrogens with one attached hydrogen (secondary N) is 1. The molecule has 2 aromatic rings.